The molecule has 2 unspecified atom stereocenters. The monoisotopic (exact) mass is 651 g/mol. The smallest absolute Gasteiger partial charge is 0.0649 e. The fourth-order valence-electron chi connectivity index (χ4n) is 6.37. The van der Waals surface area contributed by atoms with Crippen LogP contribution < -0.4 is 0 Å². The number of aryl methyl sites for hydroxylation is 2. The maximum Gasteiger partial charge on any atom is 0.0649 e. The van der Waals surface area contributed by atoms with Crippen LogP contribution in [0.3, 0.4) is 0 Å². The number of aromatic nitrogens is 1. The largest absolute Gasteiger partial charge is 0.392 e. The van der Waals surface area contributed by atoms with E-state index in [1.54, 1.807) is 0 Å². The summed E-state index contributed by atoms with van der Waals surface area (Å²) in [4.78, 5) is 4.53. The molecule has 2 N–H and O–H groups in total. The van der Waals surface area contributed by atoms with E-state index in [1.807, 2.05) is 12.3 Å². The van der Waals surface area contributed by atoms with Crippen molar-refractivity contribution in [2.45, 2.75) is 79.4 Å². The molecule has 2 aliphatic carbocycles. The van der Waals surface area contributed by atoms with Crippen LogP contribution in [0.2, 0.25) is 0 Å². The molecule has 3 aromatic rings. The van der Waals surface area contributed by atoms with Crippen LogP contribution in [0.15, 0.2) is 48.7 Å². The van der Waals surface area contributed by atoms with Gasteiger partial charge in [-0.05, 0) is 58.9 Å². The molecule has 0 amide bonds. The number of pyridine rings is 1. The third kappa shape index (κ3) is 5.42. The van der Waals surface area contributed by atoms with Crippen LogP contribution in [0, 0.1) is 42.6 Å². The number of fused-ring (bicyclic) bond motifs is 2. The molecule has 2 fully saturated rings. The average molecular weight is 651 g/mol. The summed E-state index contributed by atoms with van der Waals surface area (Å²) >= 11 is 0. The fourth-order valence-corrected chi connectivity index (χ4v) is 6.37. The van der Waals surface area contributed by atoms with E-state index in [1.165, 1.54) is 16.3 Å². The molecule has 2 aliphatic rings. The number of benzene rings is 2. The summed E-state index contributed by atoms with van der Waals surface area (Å²) in [6.45, 7) is 12.8. The summed E-state index contributed by atoms with van der Waals surface area (Å²) in [6, 6.07) is 18.0. The normalized spacial score (nSPS) is 31.4. The van der Waals surface area contributed by atoms with Gasteiger partial charge in [-0.25, -0.2) is 0 Å². The van der Waals surface area contributed by atoms with Gasteiger partial charge in [-0.15, -0.1) is 34.9 Å². The van der Waals surface area contributed by atoms with Crippen molar-refractivity contribution < 1.29 is 30.3 Å². The zero-order valence-electron chi connectivity index (χ0n) is 21.9. The van der Waals surface area contributed by atoms with Crippen LogP contribution in [0.1, 0.15) is 64.5 Å². The quantitative estimate of drug-likeness (QED) is 0.304. The number of aliphatic hydroxyl groups excluding tert-OH is 2. The summed E-state index contributed by atoms with van der Waals surface area (Å²) < 4.78 is 0. The summed E-state index contributed by atoms with van der Waals surface area (Å²) in [6.07, 6.45) is 5.49. The van der Waals surface area contributed by atoms with Crippen LogP contribution in [0.4, 0.5) is 0 Å². The number of nitrogens with zero attached hydrogens (tertiary/aromatic N) is 1. The Morgan fingerprint density at radius 3 is 2.00 bits per heavy atom. The van der Waals surface area contributed by atoms with Crippen LogP contribution in [-0.4, -0.2) is 27.4 Å². The third-order valence-electron chi connectivity index (χ3n) is 8.83. The molecule has 2 aromatic carbocycles. The van der Waals surface area contributed by atoms with Crippen LogP contribution in [0.25, 0.3) is 22.0 Å². The summed E-state index contributed by atoms with van der Waals surface area (Å²) in [5.41, 5.74) is 4.52. The zero-order chi connectivity index (χ0) is 24.7. The molecule has 5 rings (SSSR count). The van der Waals surface area contributed by atoms with Crippen molar-refractivity contribution in [1.29, 1.82) is 0 Å². The van der Waals surface area contributed by atoms with Gasteiger partial charge in [0.05, 0.1) is 12.2 Å². The molecule has 3 nitrogen and oxygen atoms in total. The molecule has 35 heavy (non-hydrogen) atoms. The predicted octanol–water partition coefficient (Wildman–Crippen LogP) is 6.90. The van der Waals surface area contributed by atoms with Crippen molar-refractivity contribution in [3.05, 3.63) is 65.9 Å². The Morgan fingerprint density at radius 2 is 1.49 bits per heavy atom. The number of hydrogen-bond donors (Lipinski definition) is 2. The Balaban J connectivity index is 0.000000192. The molecule has 0 bridgehead atoms. The minimum atomic E-state index is -0.314. The van der Waals surface area contributed by atoms with E-state index >= 15 is 0 Å². The molecule has 0 saturated heterocycles. The van der Waals surface area contributed by atoms with E-state index in [0.29, 0.717) is 5.92 Å². The average Bonchev–Trinajstić information content (AvgIpc) is 3.22. The molecule has 4 heteroatoms. The van der Waals surface area contributed by atoms with Crippen molar-refractivity contribution in [3.8, 4) is 11.3 Å². The Hall–Kier alpha value is -1.58. The minimum Gasteiger partial charge on any atom is -0.392 e. The summed E-state index contributed by atoms with van der Waals surface area (Å²) in [5, 5.41) is 23.3. The summed E-state index contributed by atoms with van der Waals surface area (Å²) in [5.74, 6) is 0.648. The first kappa shape index (κ1) is 28.0. The van der Waals surface area contributed by atoms with Gasteiger partial charge < -0.3 is 15.2 Å². The first-order chi connectivity index (χ1) is 16.1. The Kier molecular flexibility index (Phi) is 8.64. The number of rotatable bonds is 3. The Labute approximate surface area is 224 Å². The second-order valence-corrected chi connectivity index (χ2v) is 11.3. The first-order valence-corrected chi connectivity index (χ1v) is 12.8. The molecule has 1 aromatic heterocycles. The van der Waals surface area contributed by atoms with E-state index in [-0.39, 0.29) is 49.1 Å². The first-order valence-electron chi connectivity index (χ1n) is 12.8. The standard InChI is InChI=1S/C17H14N.C14H26O2.Ir/c1-12-7-13(2)9-16(8-12)17-10-14-5-3-4-6-15(14)11-18-17;1-5-13(3)7-9-8-14(4,6-2)12(16)10(9)11(13)15;/h3-8,10-11H,1-2H3;9-12,15-16H,5-8H2,1-4H3;/q-1;;/t;9?,10?,11?,12?,13-,14-;/m.0./s1. The van der Waals surface area contributed by atoms with Crippen LogP contribution >= 0.6 is 0 Å². The Bertz CT molecular complexity index is 1120. The molecular weight excluding hydrogens is 611 g/mol. The number of aliphatic hydroxyl groups is 2. The molecular formula is C31H40IrNO2-. The van der Waals surface area contributed by atoms with Crippen molar-refractivity contribution >= 4 is 10.8 Å². The fraction of sp³-hybridized carbons (Fsp3) is 0.516. The van der Waals surface area contributed by atoms with Gasteiger partial charge in [-0.3, -0.25) is 0 Å². The van der Waals surface area contributed by atoms with Gasteiger partial charge >= 0.3 is 0 Å². The van der Waals surface area contributed by atoms with E-state index in [0.717, 1.165) is 42.5 Å². The number of hydrogen-bond acceptors (Lipinski definition) is 3. The van der Waals surface area contributed by atoms with E-state index in [2.05, 4.69) is 89.0 Å². The van der Waals surface area contributed by atoms with Gasteiger partial charge in [0, 0.05) is 32.2 Å². The van der Waals surface area contributed by atoms with Gasteiger partial charge in [0.15, 0.2) is 0 Å². The van der Waals surface area contributed by atoms with Gasteiger partial charge in [0.2, 0.25) is 0 Å². The predicted molar refractivity (Wildman–Crippen MR) is 141 cm³/mol. The van der Waals surface area contributed by atoms with Crippen molar-refractivity contribution in [1.82, 2.24) is 4.98 Å². The topological polar surface area (TPSA) is 53.4 Å². The third-order valence-corrected chi connectivity index (χ3v) is 8.83. The Morgan fingerprint density at radius 1 is 0.914 bits per heavy atom. The van der Waals surface area contributed by atoms with Crippen molar-refractivity contribution in [2.75, 3.05) is 0 Å². The molecule has 0 spiro atoms. The van der Waals surface area contributed by atoms with Gasteiger partial charge in [0.25, 0.3) is 0 Å². The molecule has 0 aliphatic heterocycles. The van der Waals surface area contributed by atoms with E-state index in [4.69, 9.17) is 0 Å². The van der Waals surface area contributed by atoms with Gasteiger partial charge in [0.1, 0.15) is 0 Å². The van der Waals surface area contributed by atoms with E-state index < -0.39 is 0 Å². The molecule has 2 saturated carbocycles. The van der Waals surface area contributed by atoms with Crippen LogP contribution in [-0.2, 0) is 20.1 Å². The van der Waals surface area contributed by atoms with Crippen molar-refractivity contribution in [2.24, 2.45) is 22.7 Å². The molecule has 191 valence electrons. The maximum absolute atomic E-state index is 10.5. The van der Waals surface area contributed by atoms with Crippen LogP contribution in [0.5, 0.6) is 0 Å². The SMILES string of the molecule is CC[C@@]1(C)CC2C[C@](C)(CC)C(O)C2C1O.Cc1[c-]c(-c2cc3ccccc3cn2)cc(C)c1.[Ir]. The maximum atomic E-state index is 10.5. The zero-order valence-corrected chi connectivity index (χ0v) is 24.3. The molecule has 4 atom stereocenters. The van der Waals surface area contributed by atoms with E-state index in [9.17, 15) is 10.2 Å². The molecule has 1 radical (unpaired) electrons. The second kappa shape index (κ2) is 10.8. The van der Waals surface area contributed by atoms with Gasteiger partial charge in [-0.2, -0.15) is 0 Å². The van der Waals surface area contributed by atoms with Gasteiger partial charge in [-0.1, -0.05) is 71.9 Å². The molecule has 1 heterocycles. The minimum absolute atomic E-state index is 0. The second-order valence-electron chi connectivity index (χ2n) is 11.3. The van der Waals surface area contributed by atoms with Crippen molar-refractivity contribution in [3.63, 3.8) is 0 Å². The summed E-state index contributed by atoms with van der Waals surface area (Å²) in [7, 11) is 0.